The molecule has 0 bridgehead atoms. The first-order valence-electron chi connectivity index (χ1n) is 6.08. The number of nitro groups is 1. The molecule has 2 heterocycles. The van der Waals surface area contributed by atoms with Gasteiger partial charge < -0.3 is 10.3 Å². The van der Waals surface area contributed by atoms with Crippen LogP contribution in [0.25, 0.3) is 11.0 Å². The number of benzene rings is 1. The van der Waals surface area contributed by atoms with E-state index in [-0.39, 0.29) is 5.69 Å². The Morgan fingerprint density at radius 3 is 3.10 bits per heavy atom. The lowest BCUT2D eigenvalue weighted by Crippen LogP contribution is -2.11. The van der Waals surface area contributed by atoms with Crippen molar-refractivity contribution in [2.75, 3.05) is 11.9 Å². The van der Waals surface area contributed by atoms with Crippen LogP contribution in [0.1, 0.15) is 0 Å². The van der Waals surface area contributed by atoms with E-state index in [1.54, 1.807) is 16.9 Å². The second-order valence-corrected chi connectivity index (χ2v) is 4.24. The monoisotopic (exact) mass is 272 g/mol. The van der Waals surface area contributed by atoms with Crippen molar-refractivity contribution < 1.29 is 4.92 Å². The largest absolute Gasteiger partial charge is 0.354 e. The summed E-state index contributed by atoms with van der Waals surface area (Å²) in [4.78, 5) is 17.6. The Balaban J connectivity index is 1.70. The predicted octanol–water partition coefficient (Wildman–Crippen LogP) is 1.78. The molecule has 8 nitrogen and oxygen atoms in total. The van der Waals surface area contributed by atoms with Crippen LogP contribution in [0.4, 0.5) is 11.6 Å². The van der Waals surface area contributed by atoms with Crippen molar-refractivity contribution in [3.63, 3.8) is 0 Å². The van der Waals surface area contributed by atoms with Gasteiger partial charge in [-0.3, -0.25) is 14.8 Å². The van der Waals surface area contributed by atoms with Crippen LogP contribution >= 0.6 is 0 Å². The van der Waals surface area contributed by atoms with Crippen molar-refractivity contribution in [2.45, 2.75) is 6.54 Å². The Kier molecular flexibility index (Phi) is 3.04. The normalized spacial score (nSPS) is 10.8. The van der Waals surface area contributed by atoms with Crippen LogP contribution < -0.4 is 5.32 Å². The molecular weight excluding hydrogens is 260 g/mol. The fourth-order valence-electron chi connectivity index (χ4n) is 1.92. The van der Waals surface area contributed by atoms with E-state index in [2.05, 4.69) is 20.4 Å². The van der Waals surface area contributed by atoms with Gasteiger partial charge >= 0.3 is 0 Å². The summed E-state index contributed by atoms with van der Waals surface area (Å²) < 4.78 is 1.81. The minimum Gasteiger partial charge on any atom is -0.354 e. The minimum absolute atomic E-state index is 0.0456. The molecule has 3 rings (SSSR count). The number of nitro benzene ring substituents is 1. The summed E-state index contributed by atoms with van der Waals surface area (Å²) >= 11 is 0. The first-order chi connectivity index (χ1) is 9.72. The molecule has 3 aromatic rings. The molecule has 102 valence electrons. The summed E-state index contributed by atoms with van der Waals surface area (Å²) in [7, 11) is 0. The number of aromatic amines is 1. The number of nitrogens with one attached hydrogen (secondary N) is 2. The molecule has 2 aromatic heterocycles. The first kappa shape index (κ1) is 12.2. The van der Waals surface area contributed by atoms with Crippen LogP contribution in [0.15, 0.2) is 36.7 Å². The molecule has 8 heteroatoms. The number of non-ortho nitro benzene ring substituents is 1. The van der Waals surface area contributed by atoms with Crippen molar-refractivity contribution in [3.05, 3.63) is 46.8 Å². The number of fused-ring (bicyclic) bond motifs is 1. The average Bonchev–Trinajstić information content (AvgIpc) is 3.06. The molecule has 0 aliphatic heterocycles. The molecule has 0 atom stereocenters. The fraction of sp³-hybridized carbons (Fsp3) is 0.167. The average molecular weight is 272 g/mol. The maximum atomic E-state index is 10.7. The number of H-pyrrole nitrogens is 1. The second kappa shape index (κ2) is 5.00. The van der Waals surface area contributed by atoms with E-state index in [4.69, 9.17) is 0 Å². The van der Waals surface area contributed by atoms with Gasteiger partial charge in [-0.25, -0.2) is 4.98 Å². The second-order valence-electron chi connectivity index (χ2n) is 4.24. The van der Waals surface area contributed by atoms with Crippen molar-refractivity contribution in [1.29, 1.82) is 0 Å². The van der Waals surface area contributed by atoms with E-state index in [0.29, 0.717) is 30.1 Å². The SMILES string of the molecule is O=[N+]([O-])c1ccc2nc(NCCn3cccn3)[nH]c2c1. The molecule has 0 spiro atoms. The quantitative estimate of drug-likeness (QED) is 0.544. The summed E-state index contributed by atoms with van der Waals surface area (Å²) in [6.07, 6.45) is 3.60. The molecule has 2 N–H and O–H groups in total. The molecule has 20 heavy (non-hydrogen) atoms. The Bertz CT molecular complexity index is 734. The number of nitrogens with zero attached hydrogens (tertiary/aromatic N) is 4. The maximum Gasteiger partial charge on any atom is 0.271 e. The third kappa shape index (κ3) is 2.44. The smallest absolute Gasteiger partial charge is 0.271 e. The number of anilines is 1. The summed E-state index contributed by atoms with van der Waals surface area (Å²) in [5.74, 6) is 0.590. The fourth-order valence-corrected chi connectivity index (χ4v) is 1.92. The molecule has 0 radical (unpaired) electrons. The van der Waals surface area contributed by atoms with Gasteiger partial charge in [-0.15, -0.1) is 0 Å². The van der Waals surface area contributed by atoms with Gasteiger partial charge in [0.25, 0.3) is 5.69 Å². The number of hydrogen-bond donors (Lipinski definition) is 2. The number of hydrogen-bond acceptors (Lipinski definition) is 5. The van der Waals surface area contributed by atoms with E-state index < -0.39 is 4.92 Å². The highest BCUT2D eigenvalue weighted by Crippen LogP contribution is 2.20. The molecular formula is C12H12N6O2. The van der Waals surface area contributed by atoms with Gasteiger partial charge in [-0.2, -0.15) is 5.10 Å². The third-order valence-electron chi connectivity index (χ3n) is 2.87. The van der Waals surface area contributed by atoms with Gasteiger partial charge in [0.2, 0.25) is 5.95 Å². The molecule has 1 aromatic carbocycles. The van der Waals surface area contributed by atoms with Crippen LogP contribution in [-0.2, 0) is 6.54 Å². The predicted molar refractivity (Wildman–Crippen MR) is 73.5 cm³/mol. The standard InChI is InChI=1S/C12H12N6O2/c19-18(20)9-2-3-10-11(8-9)16-12(15-10)13-5-7-17-6-1-4-14-17/h1-4,6,8H,5,7H2,(H2,13,15,16). The molecule has 0 aliphatic carbocycles. The number of rotatable bonds is 5. The summed E-state index contributed by atoms with van der Waals surface area (Å²) in [5.41, 5.74) is 1.38. The van der Waals surface area contributed by atoms with Crippen LogP contribution in [0.2, 0.25) is 0 Å². The van der Waals surface area contributed by atoms with Crippen LogP contribution in [0, 0.1) is 10.1 Å². The summed E-state index contributed by atoms with van der Waals surface area (Å²) in [6.45, 7) is 1.37. The molecule has 0 unspecified atom stereocenters. The van der Waals surface area contributed by atoms with E-state index in [9.17, 15) is 10.1 Å². The maximum absolute atomic E-state index is 10.7. The highest BCUT2D eigenvalue weighted by Gasteiger charge is 2.09. The highest BCUT2D eigenvalue weighted by atomic mass is 16.6. The van der Waals surface area contributed by atoms with E-state index in [0.717, 1.165) is 0 Å². The minimum atomic E-state index is -0.426. The van der Waals surface area contributed by atoms with Gasteiger partial charge in [0, 0.05) is 31.1 Å². The zero-order chi connectivity index (χ0) is 13.9. The van der Waals surface area contributed by atoms with Gasteiger partial charge in [0.05, 0.1) is 22.5 Å². The highest BCUT2D eigenvalue weighted by molar-refractivity contribution is 5.79. The van der Waals surface area contributed by atoms with E-state index in [1.165, 1.54) is 12.1 Å². The molecule has 0 saturated carbocycles. The lowest BCUT2D eigenvalue weighted by molar-refractivity contribution is -0.384. The lowest BCUT2D eigenvalue weighted by Gasteiger charge is -2.02. The topological polar surface area (TPSA) is 102 Å². The van der Waals surface area contributed by atoms with Crippen molar-refractivity contribution in [3.8, 4) is 0 Å². The zero-order valence-corrected chi connectivity index (χ0v) is 10.5. The molecule has 0 aliphatic rings. The third-order valence-corrected chi connectivity index (χ3v) is 2.87. The van der Waals surface area contributed by atoms with Gasteiger partial charge in [-0.05, 0) is 12.1 Å². The summed E-state index contributed by atoms with van der Waals surface area (Å²) in [6, 6.07) is 6.40. The van der Waals surface area contributed by atoms with Crippen LogP contribution in [-0.4, -0.2) is 31.2 Å². The van der Waals surface area contributed by atoms with Crippen molar-refractivity contribution >= 4 is 22.7 Å². The zero-order valence-electron chi connectivity index (χ0n) is 10.5. The van der Waals surface area contributed by atoms with Crippen LogP contribution in [0.5, 0.6) is 0 Å². The number of imidazole rings is 1. The molecule has 0 saturated heterocycles. The van der Waals surface area contributed by atoms with E-state index >= 15 is 0 Å². The van der Waals surface area contributed by atoms with Gasteiger partial charge in [0.15, 0.2) is 0 Å². The Morgan fingerprint density at radius 2 is 2.35 bits per heavy atom. The van der Waals surface area contributed by atoms with Crippen molar-refractivity contribution in [2.24, 2.45) is 0 Å². The van der Waals surface area contributed by atoms with Gasteiger partial charge in [0.1, 0.15) is 0 Å². The Labute approximate surface area is 113 Å². The van der Waals surface area contributed by atoms with Crippen molar-refractivity contribution in [1.82, 2.24) is 19.7 Å². The van der Waals surface area contributed by atoms with E-state index in [1.807, 2.05) is 12.3 Å². The molecule has 0 amide bonds. The molecule has 0 fully saturated rings. The Hall–Kier alpha value is -2.90. The van der Waals surface area contributed by atoms with Crippen LogP contribution in [0.3, 0.4) is 0 Å². The lowest BCUT2D eigenvalue weighted by atomic mass is 10.3. The Morgan fingerprint density at radius 1 is 1.45 bits per heavy atom. The van der Waals surface area contributed by atoms with Gasteiger partial charge in [-0.1, -0.05) is 0 Å². The first-order valence-corrected chi connectivity index (χ1v) is 6.08. The number of aromatic nitrogens is 4. The summed E-state index contributed by atoms with van der Waals surface area (Å²) in [5, 5.41) is 17.9.